The van der Waals surface area contributed by atoms with Crippen molar-refractivity contribution in [3.05, 3.63) is 47.7 Å². The van der Waals surface area contributed by atoms with E-state index in [4.69, 9.17) is 9.47 Å². The van der Waals surface area contributed by atoms with Crippen LogP contribution in [0.3, 0.4) is 0 Å². The first-order valence-corrected chi connectivity index (χ1v) is 6.51. The second-order valence-electron chi connectivity index (χ2n) is 4.54. The van der Waals surface area contributed by atoms with Gasteiger partial charge in [0.15, 0.2) is 11.6 Å². The Balaban J connectivity index is 1.89. The summed E-state index contributed by atoms with van der Waals surface area (Å²) in [6, 6.07) is 5.61. The third-order valence-corrected chi connectivity index (χ3v) is 3.07. The molecule has 1 aliphatic rings. The number of benzene rings is 1. The van der Waals surface area contributed by atoms with Crippen LogP contribution in [-0.4, -0.2) is 29.9 Å². The standard InChI is InChI=1S/C14H13F2N3O2/c15-11-7-9(21-13-2-1-3-18-19-13)6-10(14(11)16)12-8-17-4-5-20-12/h1-3,6-7,12,17H,4-5,8H2/t12-/m0/s1. The number of rotatable bonds is 3. The molecule has 2 aromatic rings. The van der Waals surface area contributed by atoms with Crippen molar-refractivity contribution < 1.29 is 18.3 Å². The zero-order valence-corrected chi connectivity index (χ0v) is 11.1. The number of halogens is 2. The van der Waals surface area contributed by atoms with Crippen molar-refractivity contribution in [3.8, 4) is 11.6 Å². The molecule has 7 heteroatoms. The molecule has 1 N–H and O–H groups in total. The summed E-state index contributed by atoms with van der Waals surface area (Å²) in [6.07, 6.45) is 0.948. The van der Waals surface area contributed by atoms with Crippen molar-refractivity contribution in [2.75, 3.05) is 19.7 Å². The Hall–Kier alpha value is -2.12. The molecule has 1 aliphatic heterocycles. The molecule has 0 amide bonds. The molecule has 5 nitrogen and oxygen atoms in total. The largest absolute Gasteiger partial charge is 0.437 e. The quantitative estimate of drug-likeness (QED) is 0.940. The number of hydrogen-bond acceptors (Lipinski definition) is 5. The Morgan fingerprint density at radius 1 is 1.33 bits per heavy atom. The first-order chi connectivity index (χ1) is 10.2. The topological polar surface area (TPSA) is 56.3 Å². The molecule has 2 heterocycles. The smallest absolute Gasteiger partial charge is 0.238 e. The Morgan fingerprint density at radius 2 is 2.24 bits per heavy atom. The number of ether oxygens (including phenoxy) is 2. The number of morpholine rings is 1. The van der Waals surface area contributed by atoms with E-state index in [2.05, 4.69) is 15.5 Å². The maximum atomic E-state index is 13.9. The average molecular weight is 293 g/mol. The maximum Gasteiger partial charge on any atom is 0.238 e. The second kappa shape index (κ2) is 6.11. The molecule has 1 aromatic carbocycles. The van der Waals surface area contributed by atoms with Crippen LogP contribution in [0.15, 0.2) is 30.5 Å². The molecule has 1 atom stereocenters. The zero-order valence-electron chi connectivity index (χ0n) is 11.1. The minimum absolute atomic E-state index is 0.126. The van der Waals surface area contributed by atoms with E-state index in [-0.39, 0.29) is 17.2 Å². The lowest BCUT2D eigenvalue weighted by Crippen LogP contribution is -2.33. The highest BCUT2D eigenvalue weighted by Gasteiger charge is 2.23. The first kappa shape index (κ1) is 13.8. The van der Waals surface area contributed by atoms with Crippen molar-refractivity contribution in [2.45, 2.75) is 6.10 Å². The highest BCUT2D eigenvalue weighted by molar-refractivity contribution is 5.35. The Morgan fingerprint density at radius 3 is 2.95 bits per heavy atom. The molecule has 0 spiro atoms. The van der Waals surface area contributed by atoms with Crippen LogP contribution in [-0.2, 0) is 4.74 Å². The normalized spacial score (nSPS) is 18.5. The van der Waals surface area contributed by atoms with Gasteiger partial charge >= 0.3 is 0 Å². The third kappa shape index (κ3) is 3.14. The molecule has 0 saturated carbocycles. The predicted molar refractivity (Wildman–Crippen MR) is 70.0 cm³/mol. The molecule has 1 aromatic heterocycles. The summed E-state index contributed by atoms with van der Waals surface area (Å²) in [5.41, 5.74) is 0.126. The van der Waals surface area contributed by atoms with Gasteiger partial charge < -0.3 is 14.8 Å². The van der Waals surface area contributed by atoms with E-state index in [9.17, 15) is 8.78 Å². The molecule has 3 rings (SSSR count). The molecule has 0 radical (unpaired) electrons. The zero-order chi connectivity index (χ0) is 14.7. The second-order valence-corrected chi connectivity index (χ2v) is 4.54. The Labute approximate surface area is 119 Å². The van der Waals surface area contributed by atoms with E-state index < -0.39 is 17.7 Å². The molecule has 1 saturated heterocycles. The number of aromatic nitrogens is 2. The molecular weight excluding hydrogens is 280 g/mol. The lowest BCUT2D eigenvalue weighted by molar-refractivity contribution is 0.0250. The van der Waals surface area contributed by atoms with Gasteiger partial charge in [0, 0.05) is 37.0 Å². The Kier molecular flexibility index (Phi) is 4.03. The molecule has 0 aliphatic carbocycles. The van der Waals surface area contributed by atoms with Crippen LogP contribution in [0.25, 0.3) is 0 Å². The van der Waals surface area contributed by atoms with Crippen LogP contribution >= 0.6 is 0 Å². The van der Waals surface area contributed by atoms with E-state index in [1.54, 1.807) is 12.1 Å². The highest BCUT2D eigenvalue weighted by Crippen LogP contribution is 2.30. The van der Waals surface area contributed by atoms with Crippen molar-refractivity contribution in [1.29, 1.82) is 0 Å². The fourth-order valence-corrected chi connectivity index (χ4v) is 2.11. The van der Waals surface area contributed by atoms with Crippen molar-refractivity contribution in [3.63, 3.8) is 0 Å². The van der Waals surface area contributed by atoms with E-state index in [0.29, 0.717) is 19.7 Å². The lowest BCUT2D eigenvalue weighted by atomic mass is 10.1. The maximum absolute atomic E-state index is 13.9. The summed E-state index contributed by atoms with van der Waals surface area (Å²) >= 11 is 0. The van der Waals surface area contributed by atoms with Gasteiger partial charge in [0.05, 0.1) is 12.7 Å². The van der Waals surface area contributed by atoms with Gasteiger partial charge in [-0.25, -0.2) is 8.78 Å². The van der Waals surface area contributed by atoms with Crippen molar-refractivity contribution >= 4 is 0 Å². The van der Waals surface area contributed by atoms with Crippen molar-refractivity contribution in [1.82, 2.24) is 15.5 Å². The molecule has 1 fully saturated rings. The van der Waals surface area contributed by atoms with Gasteiger partial charge in [0.25, 0.3) is 0 Å². The fourth-order valence-electron chi connectivity index (χ4n) is 2.11. The van der Waals surface area contributed by atoms with Crippen LogP contribution in [0.5, 0.6) is 11.6 Å². The predicted octanol–water partition coefficient (Wildman–Crippen LogP) is 2.21. The monoisotopic (exact) mass is 293 g/mol. The van der Waals surface area contributed by atoms with Crippen LogP contribution in [0.1, 0.15) is 11.7 Å². The lowest BCUT2D eigenvalue weighted by Gasteiger charge is -2.24. The van der Waals surface area contributed by atoms with Crippen LogP contribution in [0.2, 0.25) is 0 Å². The van der Waals surface area contributed by atoms with E-state index in [1.165, 1.54) is 12.3 Å². The van der Waals surface area contributed by atoms with E-state index in [1.807, 2.05) is 0 Å². The number of nitrogens with zero attached hydrogens (tertiary/aromatic N) is 2. The first-order valence-electron chi connectivity index (χ1n) is 6.51. The summed E-state index contributed by atoms with van der Waals surface area (Å²) in [4.78, 5) is 0. The fraction of sp³-hybridized carbons (Fsp3) is 0.286. The molecule has 110 valence electrons. The van der Waals surface area contributed by atoms with Gasteiger partial charge in [0.2, 0.25) is 5.88 Å². The summed E-state index contributed by atoms with van der Waals surface area (Å²) in [5.74, 6) is -1.55. The minimum Gasteiger partial charge on any atom is -0.437 e. The average Bonchev–Trinajstić information content (AvgIpc) is 2.52. The Bertz CT molecular complexity index is 619. The summed E-state index contributed by atoms with van der Waals surface area (Å²) in [6.45, 7) is 1.56. The van der Waals surface area contributed by atoms with Crippen LogP contribution in [0.4, 0.5) is 8.78 Å². The van der Waals surface area contributed by atoms with Gasteiger partial charge in [-0.05, 0) is 12.1 Å². The number of hydrogen-bond donors (Lipinski definition) is 1. The molecular formula is C14H13F2N3O2. The number of nitrogens with one attached hydrogen (secondary N) is 1. The van der Waals surface area contributed by atoms with E-state index in [0.717, 1.165) is 6.07 Å². The van der Waals surface area contributed by atoms with Gasteiger partial charge in [-0.3, -0.25) is 0 Å². The summed E-state index contributed by atoms with van der Waals surface area (Å²) < 4.78 is 38.5. The van der Waals surface area contributed by atoms with Crippen LogP contribution in [0, 0.1) is 11.6 Å². The van der Waals surface area contributed by atoms with Crippen molar-refractivity contribution in [2.24, 2.45) is 0 Å². The minimum atomic E-state index is -0.986. The van der Waals surface area contributed by atoms with Crippen LogP contribution < -0.4 is 10.1 Å². The van der Waals surface area contributed by atoms with E-state index >= 15 is 0 Å². The highest BCUT2D eigenvalue weighted by atomic mass is 19.2. The van der Waals surface area contributed by atoms with Gasteiger partial charge in [0.1, 0.15) is 5.75 Å². The SMILES string of the molecule is Fc1cc(Oc2cccnn2)cc([C@@H]2CNCCO2)c1F. The molecule has 21 heavy (non-hydrogen) atoms. The third-order valence-electron chi connectivity index (χ3n) is 3.07. The van der Waals surface area contributed by atoms with Gasteiger partial charge in [-0.15, -0.1) is 5.10 Å². The van der Waals surface area contributed by atoms with Gasteiger partial charge in [-0.1, -0.05) is 0 Å². The summed E-state index contributed by atoms with van der Waals surface area (Å²) in [7, 11) is 0. The van der Waals surface area contributed by atoms with Gasteiger partial charge in [-0.2, -0.15) is 5.10 Å². The molecule has 0 bridgehead atoms. The molecule has 0 unspecified atom stereocenters. The summed E-state index contributed by atoms with van der Waals surface area (Å²) in [5, 5.41) is 10.5.